The fourth-order valence-corrected chi connectivity index (χ4v) is 2.53. The molecule has 2 aromatic carbocycles. The molecule has 2 rings (SSSR count). The number of carboxylic acids is 1. The summed E-state index contributed by atoms with van der Waals surface area (Å²) in [5.74, 6) is -1.90. The highest BCUT2D eigenvalue weighted by Gasteiger charge is 2.19. The molecule has 5 nitrogen and oxygen atoms in total. The Hall–Kier alpha value is -2.89. The topological polar surface area (TPSA) is 75.6 Å². The average Bonchev–Trinajstić information content (AvgIpc) is 2.62. The Kier molecular flexibility index (Phi) is 7.14. The average molecular weight is 359 g/mol. The van der Waals surface area contributed by atoms with Gasteiger partial charge in [0.25, 0.3) is 0 Å². The maximum Gasteiger partial charge on any atom is 0.308 e. The van der Waals surface area contributed by atoms with E-state index < -0.39 is 23.6 Å². The van der Waals surface area contributed by atoms with Crippen molar-refractivity contribution in [3.8, 4) is 5.75 Å². The van der Waals surface area contributed by atoms with E-state index in [0.29, 0.717) is 6.61 Å². The van der Waals surface area contributed by atoms with E-state index in [-0.39, 0.29) is 24.9 Å². The lowest BCUT2D eigenvalue weighted by molar-refractivity contribution is -0.141. The molecule has 2 aromatic rings. The van der Waals surface area contributed by atoms with Gasteiger partial charge in [0, 0.05) is 6.54 Å². The van der Waals surface area contributed by atoms with Crippen LogP contribution in [0.1, 0.15) is 18.1 Å². The molecule has 0 aliphatic carbocycles. The smallest absolute Gasteiger partial charge is 0.308 e. The molecular formula is C20H22FNO4. The highest BCUT2D eigenvalue weighted by molar-refractivity contribution is 5.79. The Morgan fingerprint density at radius 2 is 1.85 bits per heavy atom. The first-order valence-electron chi connectivity index (χ1n) is 8.44. The third kappa shape index (κ3) is 5.88. The second-order valence-corrected chi connectivity index (χ2v) is 5.89. The van der Waals surface area contributed by atoms with Crippen LogP contribution in [0, 0.1) is 11.7 Å². The van der Waals surface area contributed by atoms with Crippen LogP contribution in [0.2, 0.25) is 0 Å². The van der Waals surface area contributed by atoms with Gasteiger partial charge in [-0.15, -0.1) is 0 Å². The Morgan fingerprint density at radius 1 is 1.15 bits per heavy atom. The Bertz CT molecular complexity index is 746. The largest absolute Gasteiger partial charge is 0.494 e. The van der Waals surface area contributed by atoms with Crippen molar-refractivity contribution < 1.29 is 23.8 Å². The summed E-state index contributed by atoms with van der Waals surface area (Å²) in [5.41, 5.74) is 1.12. The van der Waals surface area contributed by atoms with Crippen molar-refractivity contribution in [2.24, 2.45) is 5.92 Å². The summed E-state index contributed by atoms with van der Waals surface area (Å²) in [6.07, 6.45) is 0.157. The molecule has 26 heavy (non-hydrogen) atoms. The lowest BCUT2D eigenvalue weighted by atomic mass is 9.99. The summed E-state index contributed by atoms with van der Waals surface area (Å²) in [6, 6.07) is 13.2. The van der Waals surface area contributed by atoms with Gasteiger partial charge >= 0.3 is 5.97 Å². The maximum absolute atomic E-state index is 13.6. The molecule has 138 valence electrons. The second-order valence-electron chi connectivity index (χ2n) is 5.89. The Balaban J connectivity index is 1.90. The van der Waals surface area contributed by atoms with Gasteiger partial charge in [-0.3, -0.25) is 9.59 Å². The monoisotopic (exact) mass is 359 g/mol. The van der Waals surface area contributed by atoms with Gasteiger partial charge in [0.1, 0.15) is 11.6 Å². The summed E-state index contributed by atoms with van der Waals surface area (Å²) in [7, 11) is 0. The molecule has 1 amide bonds. The van der Waals surface area contributed by atoms with Crippen LogP contribution < -0.4 is 10.1 Å². The van der Waals surface area contributed by atoms with Gasteiger partial charge in [-0.1, -0.05) is 30.3 Å². The van der Waals surface area contributed by atoms with E-state index in [0.717, 1.165) is 11.3 Å². The van der Waals surface area contributed by atoms with E-state index in [2.05, 4.69) is 5.32 Å². The quantitative estimate of drug-likeness (QED) is 0.722. The van der Waals surface area contributed by atoms with Crippen LogP contribution in [0.5, 0.6) is 5.75 Å². The van der Waals surface area contributed by atoms with Crippen molar-refractivity contribution in [3.63, 3.8) is 0 Å². The molecule has 0 aromatic heterocycles. The SMILES string of the molecule is CCOc1ccc(CC(CNC(=O)Cc2ccccc2F)C(=O)O)cc1. The number of nitrogens with one attached hydrogen (secondary N) is 1. The molecule has 1 unspecified atom stereocenters. The summed E-state index contributed by atoms with van der Waals surface area (Å²) in [5, 5.41) is 12.0. The minimum atomic E-state index is -0.995. The molecule has 0 aliphatic heterocycles. The van der Waals surface area contributed by atoms with Gasteiger partial charge in [-0.25, -0.2) is 4.39 Å². The van der Waals surface area contributed by atoms with Crippen molar-refractivity contribution >= 4 is 11.9 Å². The molecule has 0 radical (unpaired) electrons. The third-order valence-electron chi connectivity index (χ3n) is 3.92. The number of aliphatic carboxylic acids is 1. The summed E-state index contributed by atoms with van der Waals surface area (Å²) in [4.78, 5) is 23.4. The fraction of sp³-hybridized carbons (Fsp3) is 0.300. The van der Waals surface area contributed by atoms with Gasteiger partial charge in [0.05, 0.1) is 18.9 Å². The fourth-order valence-electron chi connectivity index (χ4n) is 2.53. The zero-order chi connectivity index (χ0) is 18.9. The molecule has 0 bridgehead atoms. The first-order valence-corrected chi connectivity index (χ1v) is 8.44. The number of carboxylic acid groups (broad SMARTS) is 1. The Morgan fingerprint density at radius 3 is 2.46 bits per heavy atom. The van der Waals surface area contributed by atoms with E-state index in [4.69, 9.17) is 4.74 Å². The minimum Gasteiger partial charge on any atom is -0.494 e. The standard InChI is InChI=1S/C20H22FNO4/c1-2-26-17-9-7-14(8-10-17)11-16(20(24)25)13-22-19(23)12-15-5-3-4-6-18(15)21/h3-10,16H,2,11-13H2,1H3,(H,22,23)(H,24,25). The van der Waals surface area contributed by atoms with Crippen LogP contribution in [-0.2, 0) is 22.4 Å². The number of benzene rings is 2. The number of hydrogen-bond donors (Lipinski definition) is 2. The van der Waals surface area contributed by atoms with Gasteiger partial charge in [0.2, 0.25) is 5.91 Å². The number of carbonyl (C=O) groups is 2. The highest BCUT2D eigenvalue weighted by atomic mass is 19.1. The van der Waals surface area contributed by atoms with E-state index >= 15 is 0 Å². The van der Waals surface area contributed by atoms with Crippen molar-refractivity contribution in [1.82, 2.24) is 5.32 Å². The Labute approximate surface area is 151 Å². The van der Waals surface area contributed by atoms with Crippen LogP contribution in [-0.4, -0.2) is 30.1 Å². The molecule has 0 spiro atoms. The number of hydrogen-bond acceptors (Lipinski definition) is 3. The predicted molar refractivity (Wildman–Crippen MR) is 95.6 cm³/mol. The van der Waals surface area contributed by atoms with Crippen LogP contribution in [0.25, 0.3) is 0 Å². The lowest BCUT2D eigenvalue weighted by Gasteiger charge is -2.14. The van der Waals surface area contributed by atoms with Crippen LogP contribution in [0.4, 0.5) is 4.39 Å². The highest BCUT2D eigenvalue weighted by Crippen LogP contribution is 2.15. The van der Waals surface area contributed by atoms with Gasteiger partial charge < -0.3 is 15.2 Å². The van der Waals surface area contributed by atoms with E-state index in [1.807, 2.05) is 19.1 Å². The lowest BCUT2D eigenvalue weighted by Crippen LogP contribution is -2.35. The van der Waals surface area contributed by atoms with Crippen LogP contribution in [0.15, 0.2) is 48.5 Å². The predicted octanol–water partition coefficient (Wildman–Crippen LogP) is 2.83. The molecule has 0 saturated heterocycles. The summed E-state index contributed by atoms with van der Waals surface area (Å²) < 4.78 is 18.9. The summed E-state index contributed by atoms with van der Waals surface area (Å²) >= 11 is 0. The molecule has 0 fully saturated rings. The maximum atomic E-state index is 13.6. The first kappa shape index (κ1) is 19.4. The van der Waals surface area contributed by atoms with Crippen molar-refractivity contribution in [1.29, 1.82) is 0 Å². The number of halogens is 1. The van der Waals surface area contributed by atoms with Gasteiger partial charge in [-0.2, -0.15) is 0 Å². The van der Waals surface area contributed by atoms with E-state index in [9.17, 15) is 19.1 Å². The molecule has 2 N–H and O–H groups in total. The number of carbonyl (C=O) groups excluding carboxylic acids is 1. The summed E-state index contributed by atoms with van der Waals surface area (Å²) in [6.45, 7) is 2.43. The molecule has 0 heterocycles. The van der Waals surface area contributed by atoms with E-state index in [1.165, 1.54) is 12.1 Å². The third-order valence-corrected chi connectivity index (χ3v) is 3.92. The van der Waals surface area contributed by atoms with E-state index in [1.54, 1.807) is 24.3 Å². The molecule has 6 heteroatoms. The molecular weight excluding hydrogens is 337 g/mol. The molecule has 0 aliphatic rings. The van der Waals surface area contributed by atoms with Crippen LogP contribution >= 0.6 is 0 Å². The van der Waals surface area contributed by atoms with Gasteiger partial charge in [-0.05, 0) is 42.7 Å². The minimum absolute atomic E-state index is 0.0180. The zero-order valence-electron chi connectivity index (χ0n) is 14.6. The van der Waals surface area contributed by atoms with Crippen molar-refractivity contribution in [2.45, 2.75) is 19.8 Å². The molecule has 0 saturated carbocycles. The zero-order valence-corrected chi connectivity index (χ0v) is 14.6. The van der Waals surface area contributed by atoms with Crippen molar-refractivity contribution in [3.05, 3.63) is 65.5 Å². The number of ether oxygens (including phenoxy) is 1. The first-order chi connectivity index (χ1) is 12.5. The normalized spacial score (nSPS) is 11.6. The number of rotatable bonds is 9. The van der Waals surface area contributed by atoms with Crippen molar-refractivity contribution in [2.75, 3.05) is 13.2 Å². The number of amides is 1. The second kappa shape index (κ2) is 9.56. The van der Waals surface area contributed by atoms with Gasteiger partial charge in [0.15, 0.2) is 0 Å². The molecule has 1 atom stereocenters. The van der Waals surface area contributed by atoms with Crippen LogP contribution in [0.3, 0.4) is 0 Å².